The molecule has 0 heterocycles. The molecule has 1 atom stereocenters. The standard InChI is InChI=1S/C45H86O6/c1-5-7-9-11-12-13-14-15-16-17-18-23-26-30-34-38-45(48)51-42(39-49-43(46)36-32-27-10-8-6-2)40-50-44(47)37-33-29-25-22-20-19-21-24-28-31-35-41(3)4/h41-42H,5-40H2,1-4H3/t42-/m1/s1. The van der Waals surface area contributed by atoms with E-state index < -0.39 is 6.10 Å². The lowest BCUT2D eigenvalue weighted by atomic mass is 10.0. The van der Waals surface area contributed by atoms with Crippen LogP contribution in [0.15, 0.2) is 0 Å². The van der Waals surface area contributed by atoms with E-state index in [1.165, 1.54) is 135 Å². The molecule has 6 nitrogen and oxygen atoms in total. The van der Waals surface area contributed by atoms with E-state index in [1.807, 2.05) is 0 Å². The molecule has 0 unspecified atom stereocenters. The fourth-order valence-electron chi connectivity index (χ4n) is 6.63. The van der Waals surface area contributed by atoms with Crippen LogP contribution in [-0.4, -0.2) is 37.2 Å². The first kappa shape index (κ1) is 49.4. The number of unbranched alkanes of at least 4 members (excludes halogenated alkanes) is 27. The third kappa shape index (κ3) is 39.5. The predicted molar refractivity (Wildman–Crippen MR) is 215 cm³/mol. The van der Waals surface area contributed by atoms with Crippen molar-refractivity contribution in [1.82, 2.24) is 0 Å². The molecule has 0 bridgehead atoms. The van der Waals surface area contributed by atoms with E-state index in [-0.39, 0.29) is 31.1 Å². The van der Waals surface area contributed by atoms with Gasteiger partial charge in [-0.05, 0) is 25.2 Å². The van der Waals surface area contributed by atoms with Crippen LogP contribution in [0.3, 0.4) is 0 Å². The quantitative estimate of drug-likeness (QED) is 0.0356. The fraction of sp³-hybridized carbons (Fsp3) is 0.933. The van der Waals surface area contributed by atoms with Gasteiger partial charge in [-0.3, -0.25) is 14.4 Å². The molecule has 51 heavy (non-hydrogen) atoms. The molecule has 0 aliphatic carbocycles. The Labute approximate surface area is 317 Å². The SMILES string of the molecule is CCCCCCCCCCCCCCCCCC(=O)O[C@H](COC(=O)CCCCCCC)COC(=O)CCCCCCCCCCCCC(C)C. The molecule has 0 saturated heterocycles. The molecule has 0 radical (unpaired) electrons. The van der Waals surface area contributed by atoms with Crippen LogP contribution in [-0.2, 0) is 28.6 Å². The van der Waals surface area contributed by atoms with Gasteiger partial charge in [0.2, 0.25) is 0 Å². The summed E-state index contributed by atoms with van der Waals surface area (Å²) in [4.78, 5) is 37.4. The van der Waals surface area contributed by atoms with Gasteiger partial charge in [0.05, 0.1) is 0 Å². The average Bonchev–Trinajstić information content (AvgIpc) is 3.11. The van der Waals surface area contributed by atoms with Gasteiger partial charge in [-0.1, -0.05) is 207 Å². The molecule has 0 aromatic heterocycles. The maximum absolute atomic E-state index is 12.7. The first-order valence-corrected chi connectivity index (χ1v) is 22.4. The van der Waals surface area contributed by atoms with Crippen LogP contribution < -0.4 is 0 Å². The molecule has 0 aliphatic rings. The summed E-state index contributed by atoms with van der Waals surface area (Å²) in [5.41, 5.74) is 0. The molecule has 6 heteroatoms. The van der Waals surface area contributed by atoms with Gasteiger partial charge in [-0.2, -0.15) is 0 Å². The highest BCUT2D eigenvalue weighted by molar-refractivity contribution is 5.71. The summed E-state index contributed by atoms with van der Waals surface area (Å²) in [6, 6.07) is 0. The molecule has 0 aromatic rings. The number of hydrogen-bond acceptors (Lipinski definition) is 6. The van der Waals surface area contributed by atoms with Crippen molar-refractivity contribution in [1.29, 1.82) is 0 Å². The predicted octanol–water partition coefficient (Wildman–Crippen LogP) is 13.9. The minimum Gasteiger partial charge on any atom is -0.462 e. The van der Waals surface area contributed by atoms with Crippen LogP contribution in [0.1, 0.15) is 246 Å². The Morgan fingerprint density at radius 3 is 0.961 bits per heavy atom. The lowest BCUT2D eigenvalue weighted by Gasteiger charge is -2.18. The molecule has 302 valence electrons. The molecule has 0 fully saturated rings. The van der Waals surface area contributed by atoms with Crippen LogP contribution >= 0.6 is 0 Å². The Bertz CT molecular complexity index is 766. The van der Waals surface area contributed by atoms with Crippen molar-refractivity contribution in [3.63, 3.8) is 0 Å². The van der Waals surface area contributed by atoms with Gasteiger partial charge < -0.3 is 14.2 Å². The van der Waals surface area contributed by atoms with Gasteiger partial charge in [0.25, 0.3) is 0 Å². The van der Waals surface area contributed by atoms with Gasteiger partial charge in [-0.25, -0.2) is 0 Å². The molecule has 0 N–H and O–H groups in total. The number of esters is 3. The Morgan fingerprint density at radius 1 is 0.373 bits per heavy atom. The first-order chi connectivity index (χ1) is 24.9. The van der Waals surface area contributed by atoms with E-state index in [2.05, 4.69) is 27.7 Å². The maximum atomic E-state index is 12.7. The second-order valence-corrected chi connectivity index (χ2v) is 15.8. The zero-order valence-electron chi connectivity index (χ0n) is 34.6. The summed E-state index contributed by atoms with van der Waals surface area (Å²) >= 11 is 0. The summed E-state index contributed by atoms with van der Waals surface area (Å²) in [5, 5.41) is 0. The molecule has 0 saturated carbocycles. The van der Waals surface area contributed by atoms with Gasteiger partial charge in [-0.15, -0.1) is 0 Å². The summed E-state index contributed by atoms with van der Waals surface area (Å²) < 4.78 is 16.6. The van der Waals surface area contributed by atoms with Crippen LogP contribution in [0.2, 0.25) is 0 Å². The van der Waals surface area contributed by atoms with E-state index in [9.17, 15) is 14.4 Å². The van der Waals surface area contributed by atoms with Crippen molar-refractivity contribution in [2.24, 2.45) is 5.92 Å². The molecule has 0 spiro atoms. The second-order valence-electron chi connectivity index (χ2n) is 15.8. The van der Waals surface area contributed by atoms with Crippen LogP contribution in [0.5, 0.6) is 0 Å². The lowest BCUT2D eigenvalue weighted by Crippen LogP contribution is -2.30. The minimum absolute atomic E-state index is 0.0651. The monoisotopic (exact) mass is 723 g/mol. The third-order valence-corrected chi connectivity index (χ3v) is 10.0. The van der Waals surface area contributed by atoms with Crippen molar-refractivity contribution >= 4 is 17.9 Å². The summed E-state index contributed by atoms with van der Waals surface area (Å²) in [7, 11) is 0. The molecule has 0 rings (SSSR count). The molecular formula is C45H86O6. The second kappa shape index (κ2) is 39.6. The van der Waals surface area contributed by atoms with Gasteiger partial charge >= 0.3 is 17.9 Å². The molecule has 0 amide bonds. The van der Waals surface area contributed by atoms with E-state index >= 15 is 0 Å². The Kier molecular flexibility index (Phi) is 38.4. The molecular weight excluding hydrogens is 636 g/mol. The van der Waals surface area contributed by atoms with Crippen LogP contribution in [0.4, 0.5) is 0 Å². The van der Waals surface area contributed by atoms with Crippen molar-refractivity contribution in [3.8, 4) is 0 Å². The van der Waals surface area contributed by atoms with Gasteiger partial charge in [0.15, 0.2) is 6.10 Å². The summed E-state index contributed by atoms with van der Waals surface area (Å²) in [6.45, 7) is 8.90. The van der Waals surface area contributed by atoms with Crippen molar-refractivity contribution in [2.45, 2.75) is 252 Å². The highest BCUT2D eigenvalue weighted by Gasteiger charge is 2.19. The van der Waals surface area contributed by atoms with E-state index in [0.29, 0.717) is 19.3 Å². The average molecular weight is 723 g/mol. The minimum atomic E-state index is -0.757. The zero-order chi connectivity index (χ0) is 37.5. The highest BCUT2D eigenvalue weighted by atomic mass is 16.6. The number of rotatable bonds is 40. The van der Waals surface area contributed by atoms with E-state index in [0.717, 1.165) is 70.1 Å². The van der Waals surface area contributed by atoms with Gasteiger partial charge in [0.1, 0.15) is 13.2 Å². The highest BCUT2D eigenvalue weighted by Crippen LogP contribution is 2.16. The Balaban J connectivity index is 4.19. The topological polar surface area (TPSA) is 78.9 Å². The molecule has 0 aliphatic heterocycles. The van der Waals surface area contributed by atoms with E-state index in [1.54, 1.807) is 0 Å². The fourth-order valence-corrected chi connectivity index (χ4v) is 6.63. The van der Waals surface area contributed by atoms with Crippen LogP contribution in [0.25, 0.3) is 0 Å². The summed E-state index contributed by atoms with van der Waals surface area (Å²) in [6.07, 6.45) is 38.3. The van der Waals surface area contributed by atoms with Gasteiger partial charge in [0, 0.05) is 19.3 Å². The van der Waals surface area contributed by atoms with Crippen LogP contribution in [0, 0.1) is 5.92 Å². The Morgan fingerprint density at radius 2 is 0.647 bits per heavy atom. The normalized spacial score (nSPS) is 11.9. The zero-order valence-corrected chi connectivity index (χ0v) is 34.6. The largest absolute Gasteiger partial charge is 0.462 e. The summed E-state index contributed by atoms with van der Waals surface area (Å²) in [5.74, 6) is -0.0505. The van der Waals surface area contributed by atoms with Crippen molar-refractivity contribution in [3.05, 3.63) is 0 Å². The smallest absolute Gasteiger partial charge is 0.306 e. The Hall–Kier alpha value is -1.59. The first-order valence-electron chi connectivity index (χ1n) is 22.4. The van der Waals surface area contributed by atoms with Crippen molar-refractivity contribution in [2.75, 3.05) is 13.2 Å². The maximum Gasteiger partial charge on any atom is 0.306 e. The number of carbonyl (C=O) groups is 3. The number of hydrogen-bond donors (Lipinski definition) is 0. The molecule has 0 aromatic carbocycles. The van der Waals surface area contributed by atoms with E-state index in [4.69, 9.17) is 14.2 Å². The lowest BCUT2D eigenvalue weighted by molar-refractivity contribution is -0.167. The van der Waals surface area contributed by atoms with Crippen molar-refractivity contribution < 1.29 is 28.6 Å². The third-order valence-electron chi connectivity index (χ3n) is 10.0. The number of carbonyl (C=O) groups excluding carboxylic acids is 3. The number of ether oxygens (including phenoxy) is 3.